The second-order valence-corrected chi connectivity index (χ2v) is 2.43. The van der Waals surface area contributed by atoms with Crippen molar-refractivity contribution < 1.29 is 0 Å². The van der Waals surface area contributed by atoms with Crippen LogP contribution in [0.25, 0.3) is 11.2 Å². The van der Waals surface area contributed by atoms with E-state index in [1.807, 2.05) is 11.6 Å². The minimum atomic E-state index is 0. The Labute approximate surface area is 75.8 Å². The van der Waals surface area contributed by atoms with Gasteiger partial charge in [0.1, 0.15) is 5.52 Å². The van der Waals surface area contributed by atoms with Gasteiger partial charge >= 0.3 is 0 Å². The van der Waals surface area contributed by atoms with E-state index < -0.39 is 0 Å². The van der Waals surface area contributed by atoms with Gasteiger partial charge in [-0.3, -0.25) is 0 Å². The number of aryl methyl sites for hydroxylation is 1. The number of nitrogen functional groups attached to an aromatic ring is 1. The van der Waals surface area contributed by atoms with Gasteiger partial charge in [0, 0.05) is 13.2 Å². The molecule has 0 aliphatic heterocycles. The first-order valence-electron chi connectivity index (χ1n) is 3.30. The zero-order chi connectivity index (χ0) is 7.84. The van der Waals surface area contributed by atoms with Gasteiger partial charge in [-0.1, -0.05) is 0 Å². The third-order valence-corrected chi connectivity index (χ3v) is 1.64. The lowest BCUT2D eigenvalue weighted by atomic mass is 10.4. The number of halogens is 1. The largest absolute Gasteiger partial charge is 0.397 e. The number of nitrogens with two attached hydrogens (primary N) is 1. The van der Waals surface area contributed by atoms with Crippen LogP contribution in [-0.2, 0) is 7.05 Å². The molecule has 0 amide bonds. The SMILES string of the molecule is Cl.Cn1cnc2nccc(N)c21. The van der Waals surface area contributed by atoms with Crippen LogP contribution in [0, 0.1) is 0 Å². The average Bonchev–Trinajstić information content (AvgIpc) is 2.34. The first-order chi connectivity index (χ1) is 5.29. The van der Waals surface area contributed by atoms with Crippen LogP contribution in [0.5, 0.6) is 0 Å². The summed E-state index contributed by atoms with van der Waals surface area (Å²) in [6, 6.07) is 1.77. The fourth-order valence-corrected chi connectivity index (χ4v) is 1.11. The predicted molar refractivity (Wildman–Crippen MR) is 50.2 cm³/mol. The van der Waals surface area contributed by atoms with E-state index >= 15 is 0 Å². The van der Waals surface area contributed by atoms with E-state index in [2.05, 4.69) is 9.97 Å². The summed E-state index contributed by atoms with van der Waals surface area (Å²) in [6.07, 6.45) is 3.36. The lowest BCUT2D eigenvalue weighted by Crippen LogP contribution is -1.92. The lowest BCUT2D eigenvalue weighted by Gasteiger charge is -1.96. The molecule has 0 atom stereocenters. The molecular formula is C7H9ClN4. The molecule has 0 bridgehead atoms. The van der Waals surface area contributed by atoms with Crippen LogP contribution >= 0.6 is 12.4 Å². The first kappa shape index (κ1) is 8.80. The third kappa shape index (κ3) is 1.10. The van der Waals surface area contributed by atoms with Crippen molar-refractivity contribution in [3.05, 3.63) is 18.6 Å². The Bertz CT molecular complexity index is 395. The van der Waals surface area contributed by atoms with Gasteiger partial charge in [-0.05, 0) is 6.07 Å². The molecule has 0 aliphatic rings. The van der Waals surface area contributed by atoms with Crippen molar-refractivity contribution in [3.63, 3.8) is 0 Å². The Kier molecular flexibility index (Phi) is 2.19. The van der Waals surface area contributed by atoms with E-state index in [1.54, 1.807) is 18.6 Å². The van der Waals surface area contributed by atoms with Gasteiger partial charge in [-0.25, -0.2) is 9.97 Å². The quantitative estimate of drug-likeness (QED) is 0.664. The second-order valence-electron chi connectivity index (χ2n) is 2.43. The van der Waals surface area contributed by atoms with E-state index in [0.717, 1.165) is 11.2 Å². The molecule has 0 unspecified atom stereocenters. The molecule has 2 heterocycles. The van der Waals surface area contributed by atoms with E-state index in [-0.39, 0.29) is 12.4 Å². The summed E-state index contributed by atoms with van der Waals surface area (Å²) in [6.45, 7) is 0. The van der Waals surface area contributed by atoms with Gasteiger partial charge in [-0.2, -0.15) is 0 Å². The Morgan fingerprint density at radius 2 is 2.17 bits per heavy atom. The maximum Gasteiger partial charge on any atom is 0.179 e. The van der Waals surface area contributed by atoms with Gasteiger partial charge < -0.3 is 10.3 Å². The van der Waals surface area contributed by atoms with Crippen molar-refractivity contribution in [2.75, 3.05) is 5.73 Å². The van der Waals surface area contributed by atoms with Crippen LogP contribution in [0.4, 0.5) is 5.69 Å². The highest BCUT2D eigenvalue weighted by molar-refractivity contribution is 5.85. The van der Waals surface area contributed by atoms with E-state index in [0.29, 0.717) is 5.65 Å². The molecule has 64 valence electrons. The van der Waals surface area contributed by atoms with Crippen molar-refractivity contribution in [2.45, 2.75) is 0 Å². The maximum atomic E-state index is 5.70. The maximum absolute atomic E-state index is 5.70. The number of fused-ring (bicyclic) bond motifs is 1. The van der Waals surface area contributed by atoms with Crippen molar-refractivity contribution in [1.82, 2.24) is 14.5 Å². The molecule has 0 fully saturated rings. The van der Waals surface area contributed by atoms with Gasteiger partial charge in [0.2, 0.25) is 0 Å². The Hall–Kier alpha value is -1.29. The number of rotatable bonds is 0. The molecule has 2 aromatic rings. The molecule has 0 saturated carbocycles. The molecular weight excluding hydrogens is 176 g/mol. The highest BCUT2D eigenvalue weighted by atomic mass is 35.5. The normalized spacial score (nSPS) is 9.75. The molecule has 0 aromatic carbocycles. The monoisotopic (exact) mass is 184 g/mol. The molecule has 0 radical (unpaired) electrons. The zero-order valence-electron chi connectivity index (χ0n) is 6.56. The lowest BCUT2D eigenvalue weighted by molar-refractivity contribution is 0.948. The number of hydrogen-bond donors (Lipinski definition) is 1. The van der Waals surface area contributed by atoms with Crippen LogP contribution in [0.3, 0.4) is 0 Å². The molecule has 2 rings (SSSR count). The van der Waals surface area contributed by atoms with Gasteiger partial charge in [0.15, 0.2) is 5.65 Å². The minimum absolute atomic E-state index is 0. The minimum Gasteiger partial charge on any atom is -0.397 e. The van der Waals surface area contributed by atoms with Crippen LogP contribution in [0.15, 0.2) is 18.6 Å². The van der Waals surface area contributed by atoms with Crippen molar-refractivity contribution >= 4 is 29.3 Å². The summed E-state index contributed by atoms with van der Waals surface area (Å²) in [4.78, 5) is 8.10. The summed E-state index contributed by atoms with van der Waals surface area (Å²) in [5.74, 6) is 0. The van der Waals surface area contributed by atoms with Gasteiger partial charge in [-0.15, -0.1) is 12.4 Å². The van der Waals surface area contributed by atoms with Crippen LogP contribution in [0.1, 0.15) is 0 Å². The Balaban J connectivity index is 0.000000720. The molecule has 4 nitrogen and oxygen atoms in total. The molecule has 5 heteroatoms. The number of imidazole rings is 1. The Morgan fingerprint density at radius 1 is 1.42 bits per heavy atom. The first-order valence-corrected chi connectivity index (χ1v) is 3.30. The van der Waals surface area contributed by atoms with Crippen molar-refractivity contribution in [2.24, 2.45) is 7.05 Å². The van der Waals surface area contributed by atoms with Gasteiger partial charge in [0.25, 0.3) is 0 Å². The van der Waals surface area contributed by atoms with Crippen LogP contribution in [0.2, 0.25) is 0 Å². The number of pyridine rings is 1. The summed E-state index contributed by atoms with van der Waals surface area (Å²) in [7, 11) is 1.90. The molecule has 12 heavy (non-hydrogen) atoms. The number of aromatic nitrogens is 3. The smallest absolute Gasteiger partial charge is 0.179 e. The summed E-state index contributed by atoms with van der Waals surface area (Å²) < 4.78 is 1.86. The van der Waals surface area contributed by atoms with E-state index in [4.69, 9.17) is 5.73 Å². The Morgan fingerprint density at radius 3 is 2.83 bits per heavy atom. The highest BCUT2D eigenvalue weighted by Gasteiger charge is 2.02. The molecule has 2 aromatic heterocycles. The topological polar surface area (TPSA) is 56.7 Å². The fraction of sp³-hybridized carbons (Fsp3) is 0.143. The molecule has 0 aliphatic carbocycles. The van der Waals surface area contributed by atoms with E-state index in [1.165, 1.54) is 0 Å². The van der Waals surface area contributed by atoms with Crippen molar-refractivity contribution in [3.8, 4) is 0 Å². The number of hydrogen-bond acceptors (Lipinski definition) is 3. The van der Waals surface area contributed by atoms with Crippen LogP contribution < -0.4 is 5.73 Å². The van der Waals surface area contributed by atoms with Crippen LogP contribution in [-0.4, -0.2) is 14.5 Å². The number of anilines is 1. The third-order valence-electron chi connectivity index (χ3n) is 1.64. The molecule has 0 spiro atoms. The standard InChI is InChI=1S/C7H8N4.ClH/c1-11-4-10-7-6(11)5(8)2-3-9-7;/h2-4H,1H3,(H2,8,9);1H. The molecule has 0 saturated heterocycles. The average molecular weight is 185 g/mol. The van der Waals surface area contributed by atoms with Crippen molar-refractivity contribution in [1.29, 1.82) is 0 Å². The summed E-state index contributed by atoms with van der Waals surface area (Å²) in [5.41, 5.74) is 8.02. The predicted octanol–water partition coefficient (Wildman–Crippen LogP) is 0.972. The van der Waals surface area contributed by atoms with Gasteiger partial charge in [0.05, 0.1) is 12.0 Å². The van der Waals surface area contributed by atoms with E-state index in [9.17, 15) is 0 Å². The highest BCUT2D eigenvalue weighted by Crippen LogP contribution is 2.15. The summed E-state index contributed by atoms with van der Waals surface area (Å²) in [5, 5.41) is 0. The fourth-order valence-electron chi connectivity index (χ4n) is 1.11. The number of nitrogens with zero attached hydrogens (tertiary/aromatic N) is 3. The molecule has 2 N–H and O–H groups in total. The summed E-state index contributed by atoms with van der Waals surface area (Å²) >= 11 is 0. The zero-order valence-corrected chi connectivity index (χ0v) is 7.38. The second kappa shape index (κ2) is 2.98.